The Morgan fingerprint density at radius 2 is 1.02 bits per heavy atom. The average molecular weight is 708 g/mol. The van der Waals surface area contributed by atoms with E-state index in [9.17, 15) is 4.79 Å². The molecule has 0 saturated carbocycles. The van der Waals surface area contributed by atoms with Crippen LogP contribution < -0.4 is 5.69 Å². The summed E-state index contributed by atoms with van der Waals surface area (Å²) in [5.41, 5.74) is 9.21. The molecule has 0 aliphatic rings. The number of fused-ring (bicyclic) bond motifs is 8. The summed E-state index contributed by atoms with van der Waals surface area (Å²) in [5.74, 6) is 1.72. The van der Waals surface area contributed by atoms with Crippen molar-refractivity contribution < 1.29 is 0 Å². The maximum atomic E-state index is 14.7. The Hall–Kier alpha value is -7.71. The van der Waals surface area contributed by atoms with Gasteiger partial charge in [-0.1, -0.05) is 127 Å². The van der Waals surface area contributed by atoms with Gasteiger partial charge in [-0.15, -0.1) is 0 Å². The highest BCUT2D eigenvalue weighted by Gasteiger charge is 2.22. The van der Waals surface area contributed by atoms with Crippen LogP contribution in [0.25, 0.3) is 94.9 Å². The van der Waals surface area contributed by atoms with Crippen molar-refractivity contribution in [3.05, 3.63) is 186 Å². The van der Waals surface area contributed by atoms with Crippen LogP contribution in [0.1, 0.15) is 0 Å². The van der Waals surface area contributed by atoms with Gasteiger partial charge in [0, 0.05) is 32.8 Å². The first-order valence-corrected chi connectivity index (χ1v) is 18.1. The fraction of sp³-hybridized carbons (Fsp3) is 0. The molecule has 55 heavy (non-hydrogen) atoms. The summed E-state index contributed by atoms with van der Waals surface area (Å²) in [6.45, 7) is 0. The van der Waals surface area contributed by atoms with Gasteiger partial charge >= 0.3 is 5.69 Å². The quantitative estimate of drug-likeness (QED) is 0.178. The largest absolute Gasteiger partial charge is 0.339 e. The van der Waals surface area contributed by atoms with Crippen LogP contribution in [0, 0.1) is 0 Å². The van der Waals surface area contributed by atoms with E-state index in [0.717, 1.165) is 71.7 Å². The predicted molar refractivity (Wildman–Crippen MR) is 220 cm³/mol. The molecule has 0 amide bonds. The van der Waals surface area contributed by atoms with E-state index in [1.807, 2.05) is 132 Å². The van der Waals surface area contributed by atoms with Crippen LogP contribution in [-0.2, 0) is 0 Å². The van der Waals surface area contributed by atoms with Gasteiger partial charge in [0.2, 0.25) is 5.95 Å². The highest BCUT2D eigenvalue weighted by Crippen LogP contribution is 2.38. The molecule has 0 bridgehead atoms. The van der Waals surface area contributed by atoms with Crippen molar-refractivity contribution in [2.75, 3.05) is 0 Å². The predicted octanol–water partition coefficient (Wildman–Crippen LogP) is 10.1. The molecule has 0 radical (unpaired) electrons. The minimum atomic E-state index is -0.175. The van der Waals surface area contributed by atoms with Crippen molar-refractivity contribution in [2.24, 2.45) is 0 Å². The third-order valence-corrected chi connectivity index (χ3v) is 10.3. The van der Waals surface area contributed by atoms with Gasteiger partial charge in [-0.25, -0.2) is 19.2 Å². The summed E-state index contributed by atoms with van der Waals surface area (Å²) >= 11 is 0. The van der Waals surface area contributed by atoms with E-state index in [1.54, 1.807) is 4.40 Å². The van der Waals surface area contributed by atoms with Crippen LogP contribution in [0.2, 0.25) is 0 Å². The molecule has 7 aromatic carbocycles. The Balaban J connectivity index is 1.19. The number of para-hydroxylation sites is 5. The molecule has 11 rings (SSSR count). The molecule has 11 aromatic rings. The van der Waals surface area contributed by atoms with E-state index in [0.29, 0.717) is 23.2 Å². The molecular formula is C47H29N7O. The van der Waals surface area contributed by atoms with E-state index >= 15 is 0 Å². The average Bonchev–Trinajstić information content (AvgIpc) is 3.81. The highest BCUT2D eigenvalue weighted by molar-refractivity contribution is 6.12. The van der Waals surface area contributed by atoms with Crippen LogP contribution in [0.5, 0.6) is 0 Å². The first kappa shape index (κ1) is 30.9. The molecule has 4 aromatic heterocycles. The molecule has 0 atom stereocenters. The van der Waals surface area contributed by atoms with Crippen molar-refractivity contribution >= 4 is 49.4 Å². The number of aromatic nitrogens is 7. The normalized spacial score (nSPS) is 11.7. The fourth-order valence-corrected chi connectivity index (χ4v) is 7.86. The summed E-state index contributed by atoms with van der Waals surface area (Å²) in [6.07, 6.45) is 0. The van der Waals surface area contributed by atoms with E-state index in [-0.39, 0.29) is 5.69 Å². The van der Waals surface area contributed by atoms with Crippen LogP contribution >= 0.6 is 0 Å². The standard InChI is InChI=1S/C47H29N7O/c55-47-52(33-19-8-3-9-20-33)42-34(22-14-23-36(42)45-48-38-24-11-13-26-41(38)54(45)47)32-27-28-40-37(29-32)35-21-10-12-25-39(35)53(40)46-50-43(30-15-4-1-5-16-30)49-44(51-46)31-17-6-2-7-18-31/h1-29H. The Morgan fingerprint density at radius 3 is 1.75 bits per heavy atom. The second-order valence-electron chi connectivity index (χ2n) is 13.5. The molecule has 0 spiro atoms. The van der Waals surface area contributed by atoms with E-state index in [1.165, 1.54) is 0 Å². The van der Waals surface area contributed by atoms with Gasteiger partial charge in [0.25, 0.3) is 0 Å². The number of hydrogen-bond donors (Lipinski definition) is 0. The molecular weight excluding hydrogens is 679 g/mol. The molecule has 0 aliphatic heterocycles. The van der Waals surface area contributed by atoms with Crippen molar-refractivity contribution in [3.63, 3.8) is 0 Å². The zero-order valence-corrected chi connectivity index (χ0v) is 29.3. The Bertz CT molecular complexity index is 3270. The zero-order chi connectivity index (χ0) is 36.5. The Morgan fingerprint density at radius 1 is 0.418 bits per heavy atom. The van der Waals surface area contributed by atoms with Gasteiger partial charge in [-0.05, 0) is 54.1 Å². The third-order valence-electron chi connectivity index (χ3n) is 10.3. The lowest BCUT2D eigenvalue weighted by molar-refractivity contribution is 0.932. The highest BCUT2D eigenvalue weighted by atomic mass is 16.1. The van der Waals surface area contributed by atoms with E-state index in [4.69, 9.17) is 19.9 Å². The molecule has 0 unspecified atom stereocenters. The maximum absolute atomic E-state index is 14.7. The Labute approximate surface area is 313 Å². The molecule has 8 nitrogen and oxygen atoms in total. The van der Waals surface area contributed by atoms with Gasteiger partial charge in [-0.2, -0.15) is 9.97 Å². The summed E-state index contributed by atoms with van der Waals surface area (Å²) in [4.78, 5) is 34.8. The van der Waals surface area contributed by atoms with E-state index in [2.05, 4.69) is 53.1 Å². The SMILES string of the molecule is O=c1n(-c2ccccc2)c2c(-c3ccc4c(c3)c3ccccc3n4-c3nc(-c4ccccc4)nc(-c4ccccc4)n3)cccc2c2nc3ccccc3n12. The minimum absolute atomic E-state index is 0.175. The third kappa shape index (κ3) is 4.82. The summed E-state index contributed by atoms with van der Waals surface area (Å²) in [7, 11) is 0. The number of imidazole rings is 1. The number of rotatable bonds is 5. The maximum Gasteiger partial charge on any atom is 0.339 e. The minimum Gasteiger partial charge on any atom is -0.278 e. The second-order valence-corrected chi connectivity index (χ2v) is 13.5. The lowest BCUT2D eigenvalue weighted by Crippen LogP contribution is -2.26. The molecule has 258 valence electrons. The first-order chi connectivity index (χ1) is 27.2. The van der Waals surface area contributed by atoms with Crippen LogP contribution in [0.3, 0.4) is 0 Å². The second kappa shape index (κ2) is 12.2. The van der Waals surface area contributed by atoms with Crippen LogP contribution in [0.4, 0.5) is 0 Å². The van der Waals surface area contributed by atoms with Gasteiger partial charge in [0.1, 0.15) is 0 Å². The molecule has 0 aliphatic carbocycles. The number of benzene rings is 7. The topological polar surface area (TPSA) is 82.9 Å². The van der Waals surface area contributed by atoms with Crippen LogP contribution in [0.15, 0.2) is 181 Å². The number of hydrogen-bond acceptors (Lipinski definition) is 5. The summed E-state index contributed by atoms with van der Waals surface area (Å²) in [5, 5.41) is 2.98. The molecule has 0 fully saturated rings. The van der Waals surface area contributed by atoms with E-state index < -0.39 is 0 Å². The van der Waals surface area contributed by atoms with Gasteiger partial charge in [0.05, 0.1) is 33.3 Å². The molecule has 0 N–H and O–H groups in total. The van der Waals surface area contributed by atoms with Crippen molar-refractivity contribution in [1.29, 1.82) is 0 Å². The Kier molecular flexibility index (Phi) is 6.84. The van der Waals surface area contributed by atoms with Crippen molar-refractivity contribution in [3.8, 4) is 45.5 Å². The molecule has 0 saturated heterocycles. The lowest BCUT2D eigenvalue weighted by Gasteiger charge is -2.16. The van der Waals surface area contributed by atoms with Crippen molar-refractivity contribution in [1.82, 2.24) is 33.5 Å². The van der Waals surface area contributed by atoms with Gasteiger partial charge in [-0.3, -0.25) is 9.13 Å². The van der Waals surface area contributed by atoms with Crippen LogP contribution in [-0.4, -0.2) is 33.5 Å². The summed E-state index contributed by atoms with van der Waals surface area (Å²) in [6, 6.07) is 58.6. The molecule has 8 heteroatoms. The monoisotopic (exact) mass is 707 g/mol. The van der Waals surface area contributed by atoms with Gasteiger partial charge in [0.15, 0.2) is 17.3 Å². The fourth-order valence-electron chi connectivity index (χ4n) is 7.86. The lowest BCUT2D eigenvalue weighted by atomic mass is 9.99. The summed E-state index contributed by atoms with van der Waals surface area (Å²) < 4.78 is 5.67. The zero-order valence-electron chi connectivity index (χ0n) is 29.3. The first-order valence-electron chi connectivity index (χ1n) is 18.1. The van der Waals surface area contributed by atoms with Gasteiger partial charge < -0.3 is 0 Å². The van der Waals surface area contributed by atoms with Crippen molar-refractivity contribution in [2.45, 2.75) is 0 Å². The number of nitrogens with zero attached hydrogens (tertiary/aromatic N) is 7. The molecule has 4 heterocycles. The smallest absolute Gasteiger partial charge is 0.278 e.